The number of hydrogen-bond donors (Lipinski definition) is 0. The zero-order chi connectivity index (χ0) is 17.3. The quantitative estimate of drug-likeness (QED) is 0.625. The fraction of sp³-hybridized carbons (Fsp3) is 0.286. The van der Waals surface area contributed by atoms with E-state index in [9.17, 15) is 0 Å². The molecule has 0 saturated heterocycles. The molecule has 0 fully saturated rings. The highest BCUT2D eigenvalue weighted by molar-refractivity contribution is 5.15. The minimum absolute atomic E-state index is 0.798. The Kier molecular flexibility index (Phi) is 6.23. The molecule has 2 heterocycles. The molecule has 0 aliphatic rings. The van der Waals surface area contributed by atoms with Crippen LogP contribution in [0.15, 0.2) is 67.1 Å². The molecule has 0 atom stereocenters. The van der Waals surface area contributed by atoms with Gasteiger partial charge < -0.3 is 0 Å². The number of benzene rings is 1. The molecule has 4 nitrogen and oxygen atoms in total. The maximum Gasteiger partial charge on any atom is 0.128 e. The molecule has 2 aromatic heterocycles. The number of rotatable bonds is 8. The molecule has 1 aromatic carbocycles. The summed E-state index contributed by atoms with van der Waals surface area (Å²) in [5.41, 5.74) is 3.50. The number of aryl methyl sites for hydroxylation is 1. The summed E-state index contributed by atoms with van der Waals surface area (Å²) in [5.74, 6) is 0.922. The van der Waals surface area contributed by atoms with Gasteiger partial charge in [0, 0.05) is 50.2 Å². The Bertz CT molecular complexity index is 700. The molecule has 3 aromatic rings. The normalized spacial score (nSPS) is 11.0. The smallest absolute Gasteiger partial charge is 0.128 e. The summed E-state index contributed by atoms with van der Waals surface area (Å²) in [6.45, 7) is 4.62. The van der Waals surface area contributed by atoms with E-state index in [-0.39, 0.29) is 0 Å². The van der Waals surface area contributed by atoms with E-state index in [0.717, 1.165) is 49.6 Å². The van der Waals surface area contributed by atoms with Crippen LogP contribution in [0.3, 0.4) is 0 Å². The lowest BCUT2D eigenvalue weighted by molar-refractivity contribution is 0.244. The lowest BCUT2D eigenvalue weighted by atomic mass is 10.2. The third kappa shape index (κ3) is 5.47. The summed E-state index contributed by atoms with van der Waals surface area (Å²) < 4.78 is 0. The van der Waals surface area contributed by atoms with Crippen molar-refractivity contribution in [3.63, 3.8) is 0 Å². The molecular formula is C21H24N4. The first-order valence-electron chi connectivity index (χ1n) is 8.79. The monoisotopic (exact) mass is 332 g/mol. The maximum absolute atomic E-state index is 4.48. The standard InChI is InChI=1S/C21H24N4/c1-2-8-21-23-13-19(14-24-21)16-25(15-18-9-4-3-5-10-18)17-20-11-6-7-12-22-20/h3-7,9-14H,2,8,15-17H2,1H3. The van der Waals surface area contributed by atoms with E-state index in [0.29, 0.717) is 0 Å². The topological polar surface area (TPSA) is 41.9 Å². The molecule has 128 valence electrons. The van der Waals surface area contributed by atoms with Gasteiger partial charge in [0.1, 0.15) is 5.82 Å². The highest BCUT2D eigenvalue weighted by atomic mass is 15.1. The molecular weight excluding hydrogens is 308 g/mol. The molecule has 0 unspecified atom stereocenters. The average molecular weight is 332 g/mol. The van der Waals surface area contributed by atoms with Crippen LogP contribution in [0.25, 0.3) is 0 Å². The molecule has 0 amide bonds. The van der Waals surface area contributed by atoms with Gasteiger partial charge >= 0.3 is 0 Å². The molecule has 3 rings (SSSR count). The van der Waals surface area contributed by atoms with Gasteiger partial charge in [-0.1, -0.05) is 43.3 Å². The van der Waals surface area contributed by atoms with Gasteiger partial charge in [-0.15, -0.1) is 0 Å². The summed E-state index contributed by atoms with van der Waals surface area (Å²) in [7, 11) is 0. The summed E-state index contributed by atoms with van der Waals surface area (Å²) in [6.07, 6.45) is 7.75. The Morgan fingerprint density at radius 3 is 2.16 bits per heavy atom. The summed E-state index contributed by atoms with van der Waals surface area (Å²) in [5, 5.41) is 0. The van der Waals surface area contributed by atoms with Crippen molar-refractivity contribution in [2.75, 3.05) is 0 Å². The molecule has 0 N–H and O–H groups in total. The van der Waals surface area contributed by atoms with Gasteiger partial charge in [-0.2, -0.15) is 0 Å². The van der Waals surface area contributed by atoms with E-state index in [2.05, 4.69) is 57.1 Å². The van der Waals surface area contributed by atoms with Crippen LogP contribution in [-0.4, -0.2) is 19.9 Å². The minimum atomic E-state index is 0.798. The van der Waals surface area contributed by atoms with Crippen molar-refractivity contribution in [3.8, 4) is 0 Å². The van der Waals surface area contributed by atoms with Gasteiger partial charge in [0.05, 0.1) is 5.69 Å². The second-order valence-electron chi connectivity index (χ2n) is 6.21. The molecule has 25 heavy (non-hydrogen) atoms. The van der Waals surface area contributed by atoms with Crippen LogP contribution in [0.4, 0.5) is 0 Å². The van der Waals surface area contributed by atoms with Crippen molar-refractivity contribution in [3.05, 3.63) is 89.8 Å². The number of nitrogens with zero attached hydrogens (tertiary/aromatic N) is 4. The van der Waals surface area contributed by atoms with E-state index >= 15 is 0 Å². The van der Waals surface area contributed by atoms with Crippen molar-refractivity contribution >= 4 is 0 Å². The molecule has 0 saturated carbocycles. The molecule has 0 radical (unpaired) electrons. The lowest BCUT2D eigenvalue weighted by Crippen LogP contribution is -2.23. The van der Waals surface area contributed by atoms with Gasteiger partial charge in [0.2, 0.25) is 0 Å². The predicted molar refractivity (Wildman–Crippen MR) is 99.7 cm³/mol. The van der Waals surface area contributed by atoms with Crippen LogP contribution >= 0.6 is 0 Å². The average Bonchev–Trinajstić information content (AvgIpc) is 2.65. The minimum Gasteiger partial charge on any atom is -0.289 e. The third-order valence-corrected chi connectivity index (χ3v) is 4.00. The highest BCUT2D eigenvalue weighted by Crippen LogP contribution is 2.12. The zero-order valence-corrected chi connectivity index (χ0v) is 14.7. The number of hydrogen-bond acceptors (Lipinski definition) is 4. The van der Waals surface area contributed by atoms with Gasteiger partial charge in [-0.25, -0.2) is 9.97 Å². The molecule has 0 spiro atoms. The van der Waals surface area contributed by atoms with Gasteiger partial charge in [-0.05, 0) is 24.1 Å². The van der Waals surface area contributed by atoms with Gasteiger partial charge in [0.15, 0.2) is 0 Å². The second-order valence-corrected chi connectivity index (χ2v) is 6.21. The van der Waals surface area contributed by atoms with Crippen LogP contribution < -0.4 is 0 Å². The highest BCUT2D eigenvalue weighted by Gasteiger charge is 2.10. The summed E-state index contributed by atoms with van der Waals surface area (Å²) in [6, 6.07) is 16.6. The van der Waals surface area contributed by atoms with Crippen LogP contribution in [0.1, 0.15) is 36.0 Å². The third-order valence-electron chi connectivity index (χ3n) is 4.00. The van der Waals surface area contributed by atoms with E-state index in [1.54, 1.807) is 0 Å². The van der Waals surface area contributed by atoms with E-state index < -0.39 is 0 Å². The first-order valence-corrected chi connectivity index (χ1v) is 8.79. The van der Waals surface area contributed by atoms with Gasteiger partial charge in [-0.3, -0.25) is 9.88 Å². The Morgan fingerprint density at radius 1 is 0.760 bits per heavy atom. The van der Waals surface area contributed by atoms with Crippen molar-refractivity contribution in [2.24, 2.45) is 0 Å². The van der Waals surface area contributed by atoms with Crippen molar-refractivity contribution in [1.82, 2.24) is 19.9 Å². The Hall–Kier alpha value is -2.59. The zero-order valence-electron chi connectivity index (χ0n) is 14.7. The van der Waals surface area contributed by atoms with Crippen molar-refractivity contribution < 1.29 is 0 Å². The summed E-state index contributed by atoms with van der Waals surface area (Å²) in [4.78, 5) is 15.8. The fourth-order valence-electron chi connectivity index (χ4n) is 2.80. The van der Waals surface area contributed by atoms with Crippen LogP contribution in [0.2, 0.25) is 0 Å². The van der Waals surface area contributed by atoms with E-state index in [4.69, 9.17) is 0 Å². The lowest BCUT2D eigenvalue weighted by Gasteiger charge is -2.22. The Morgan fingerprint density at radius 2 is 1.48 bits per heavy atom. The summed E-state index contributed by atoms with van der Waals surface area (Å²) >= 11 is 0. The SMILES string of the molecule is CCCc1ncc(CN(Cc2ccccc2)Cc2ccccn2)cn1. The Labute approximate surface area is 149 Å². The first-order chi connectivity index (χ1) is 12.3. The van der Waals surface area contributed by atoms with Crippen LogP contribution in [0, 0.1) is 0 Å². The van der Waals surface area contributed by atoms with Crippen molar-refractivity contribution in [2.45, 2.75) is 39.4 Å². The first kappa shape index (κ1) is 17.2. The molecule has 0 aliphatic carbocycles. The molecule has 0 bridgehead atoms. The van der Waals surface area contributed by atoms with Gasteiger partial charge in [0.25, 0.3) is 0 Å². The molecule has 0 aliphatic heterocycles. The second kappa shape index (κ2) is 9.04. The van der Waals surface area contributed by atoms with Crippen molar-refractivity contribution in [1.29, 1.82) is 0 Å². The predicted octanol–water partition coefficient (Wildman–Crippen LogP) is 4.03. The number of pyridine rings is 1. The van der Waals surface area contributed by atoms with Crippen LogP contribution in [0.5, 0.6) is 0 Å². The number of aromatic nitrogens is 3. The van der Waals surface area contributed by atoms with E-state index in [1.807, 2.05) is 36.8 Å². The fourth-order valence-corrected chi connectivity index (χ4v) is 2.80. The Balaban J connectivity index is 1.73. The maximum atomic E-state index is 4.48. The molecule has 4 heteroatoms. The van der Waals surface area contributed by atoms with E-state index in [1.165, 1.54) is 5.56 Å². The van der Waals surface area contributed by atoms with Crippen LogP contribution in [-0.2, 0) is 26.1 Å². The largest absolute Gasteiger partial charge is 0.289 e.